The van der Waals surface area contributed by atoms with Crippen LogP contribution in [0.3, 0.4) is 0 Å². The van der Waals surface area contributed by atoms with Gasteiger partial charge in [0.15, 0.2) is 0 Å². The van der Waals surface area contributed by atoms with E-state index in [1.54, 1.807) is 30.1 Å². The van der Waals surface area contributed by atoms with Crippen LogP contribution in [0.4, 0.5) is 11.4 Å². The summed E-state index contributed by atoms with van der Waals surface area (Å²) in [6, 6.07) is 6.54. The first-order valence-corrected chi connectivity index (χ1v) is 6.34. The van der Waals surface area contributed by atoms with Crippen LogP contribution < -0.4 is 15.5 Å². The molecule has 0 aliphatic rings. The van der Waals surface area contributed by atoms with Crippen molar-refractivity contribution in [2.45, 2.75) is 13.0 Å². The summed E-state index contributed by atoms with van der Waals surface area (Å²) in [4.78, 5) is 23.8. The maximum atomic E-state index is 11.8. The molecule has 7 nitrogen and oxygen atoms in total. The summed E-state index contributed by atoms with van der Waals surface area (Å²) in [6.07, 6.45) is 0. The molecule has 0 fully saturated rings. The Balaban J connectivity index is 2.65. The van der Waals surface area contributed by atoms with E-state index in [0.29, 0.717) is 12.2 Å². The first-order chi connectivity index (χ1) is 9.45. The normalized spacial score (nSPS) is 11.8. The Morgan fingerprint density at radius 2 is 2.10 bits per heavy atom. The van der Waals surface area contributed by atoms with E-state index < -0.39 is 4.92 Å². The lowest BCUT2D eigenvalue weighted by molar-refractivity contribution is -0.384. The van der Waals surface area contributed by atoms with Crippen LogP contribution in [-0.4, -0.2) is 44.1 Å². The van der Waals surface area contributed by atoms with E-state index in [9.17, 15) is 14.9 Å². The Hall–Kier alpha value is -2.15. The first-order valence-electron chi connectivity index (χ1n) is 6.34. The molecule has 1 aromatic carbocycles. The molecule has 0 heterocycles. The summed E-state index contributed by atoms with van der Waals surface area (Å²) in [5.74, 6) is -0.173. The second-order valence-electron chi connectivity index (χ2n) is 4.60. The van der Waals surface area contributed by atoms with Gasteiger partial charge >= 0.3 is 0 Å². The molecule has 2 N–H and O–H groups in total. The molecule has 1 unspecified atom stereocenters. The van der Waals surface area contributed by atoms with Crippen LogP contribution in [0.25, 0.3) is 0 Å². The number of hydrogen-bond donors (Lipinski definition) is 2. The number of amides is 1. The molecule has 1 amide bonds. The predicted molar refractivity (Wildman–Crippen MR) is 77.9 cm³/mol. The summed E-state index contributed by atoms with van der Waals surface area (Å²) >= 11 is 0. The van der Waals surface area contributed by atoms with Crippen LogP contribution in [0, 0.1) is 10.1 Å². The van der Waals surface area contributed by atoms with Gasteiger partial charge in [-0.2, -0.15) is 0 Å². The van der Waals surface area contributed by atoms with Crippen molar-refractivity contribution < 1.29 is 9.72 Å². The third-order valence-corrected chi connectivity index (χ3v) is 2.97. The van der Waals surface area contributed by atoms with Crippen LogP contribution in [0.2, 0.25) is 0 Å². The number of nitrogens with zero attached hydrogens (tertiary/aromatic N) is 2. The van der Waals surface area contributed by atoms with Gasteiger partial charge in [-0.05, 0) is 20.0 Å². The SMILES string of the molecule is CNC(C)CNC(=O)CN(C)c1ccccc1[N+](=O)[O-]. The Labute approximate surface area is 118 Å². The minimum atomic E-state index is -0.452. The number of nitro benzene ring substituents is 1. The van der Waals surface area contributed by atoms with E-state index in [1.165, 1.54) is 6.07 Å². The lowest BCUT2D eigenvalue weighted by Crippen LogP contribution is -2.41. The Bertz CT molecular complexity index is 478. The lowest BCUT2D eigenvalue weighted by atomic mass is 10.2. The zero-order valence-corrected chi connectivity index (χ0v) is 11.9. The maximum Gasteiger partial charge on any atom is 0.292 e. The molecule has 0 radical (unpaired) electrons. The minimum Gasteiger partial charge on any atom is -0.360 e. The number of carbonyl (C=O) groups is 1. The second kappa shape index (κ2) is 7.44. The van der Waals surface area contributed by atoms with Crippen molar-refractivity contribution in [3.63, 3.8) is 0 Å². The molecule has 0 spiro atoms. The number of hydrogen-bond acceptors (Lipinski definition) is 5. The quantitative estimate of drug-likeness (QED) is 0.568. The van der Waals surface area contributed by atoms with E-state index in [-0.39, 0.29) is 24.2 Å². The maximum absolute atomic E-state index is 11.8. The average molecular weight is 280 g/mol. The molecular formula is C13H20N4O3. The van der Waals surface area contributed by atoms with Gasteiger partial charge in [0.25, 0.3) is 5.69 Å². The van der Waals surface area contributed by atoms with Gasteiger partial charge < -0.3 is 15.5 Å². The van der Waals surface area contributed by atoms with Crippen molar-refractivity contribution in [1.82, 2.24) is 10.6 Å². The lowest BCUT2D eigenvalue weighted by Gasteiger charge is -2.19. The van der Waals surface area contributed by atoms with E-state index in [2.05, 4.69) is 10.6 Å². The molecule has 7 heteroatoms. The van der Waals surface area contributed by atoms with Crippen molar-refractivity contribution in [2.75, 3.05) is 32.1 Å². The fourth-order valence-corrected chi connectivity index (χ4v) is 1.67. The Morgan fingerprint density at radius 3 is 2.70 bits per heavy atom. The fraction of sp³-hybridized carbons (Fsp3) is 0.462. The predicted octanol–water partition coefficient (Wildman–Crippen LogP) is 0.755. The standard InChI is InChI=1S/C13H20N4O3/c1-10(14-2)8-15-13(18)9-16(3)11-6-4-5-7-12(11)17(19)20/h4-7,10,14H,8-9H2,1-3H3,(H,15,18). The van der Waals surface area contributed by atoms with Gasteiger partial charge in [-0.25, -0.2) is 0 Å². The number of anilines is 1. The molecule has 1 aromatic rings. The highest BCUT2D eigenvalue weighted by Gasteiger charge is 2.17. The monoisotopic (exact) mass is 280 g/mol. The molecular weight excluding hydrogens is 260 g/mol. The van der Waals surface area contributed by atoms with Gasteiger partial charge in [-0.15, -0.1) is 0 Å². The Morgan fingerprint density at radius 1 is 1.45 bits per heavy atom. The van der Waals surface area contributed by atoms with E-state index in [0.717, 1.165) is 0 Å². The number of nitro groups is 1. The van der Waals surface area contributed by atoms with Crippen molar-refractivity contribution in [3.8, 4) is 0 Å². The number of benzene rings is 1. The van der Waals surface area contributed by atoms with Crippen LogP contribution in [0.15, 0.2) is 24.3 Å². The molecule has 110 valence electrons. The molecule has 0 saturated heterocycles. The van der Waals surface area contributed by atoms with Crippen LogP contribution >= 0.6 is 0 Å². The zero-order chi connectivity index (χ0) is 15.1. The van der Waals surface area contributed by atoms with E-state index in [1.807, 2.05) is 14.0 Å². The van der Waals surface area contributed by atoms with Crippen molar-refractivity contribution in [3.05, 3.63) is 34.4 Å². The third kappa shape index (κ3) is 4.51. The molecule has 0 aliphatic carbocycles. The van der Waals surface area contributed by atoms with Crippen LogP contribution in [0.5, 0.6) is 0 Å². The number of nitrogens with one attached hydrogen (secondary N) is 2. The van der Waals surface area contributed by atoms with E-state index >= 15 is 0 Å². The number of rotatable bonds is 7. The van der Waals surface area contributed by atoms with Crippen LogP contribution in [0.1, 0.15) is 6.92 Å². The van der Waals surface area contributed by atoms with Gasteiger partial charge in [0.1, 0.15) is 5.69 Å². The van der Waals surface area contributed by atoms with Crippen molar-refractivity contribution in [1.29, 1.82) is 0 Å². The van der Waals surface area contributed by atoms with Crippen molar-refractivity contribution in [2.24, 2.45) is 0 Å². The molecule has 0 saturated carbocycles. The van der Waals surface area contributed by atoms with Gasteiger partial charge in [0, 0.05) is 25.7 Å². The van der Waals surface area contributed by atoms with Crippen molar-refractivity contribution >= 4 is 17.3 Å². The molecule has 1 atom stereocenters. The highest BCUT2D eigenvalue weighted by atomic mass is 16.6. The molecule has 0 aromatic heterocycles. The number of para-hydroxylation sites is 2. The van der Waals surface area contributed by atoms with Gasteiger partial charge in [0.05, 0.1) is 11.5 Å². The van der Waals surface area contributed by atoms with E-state index in [4.69, 9.17) is 0 Å². The minimum absolute atomic E-state index is 0.00797. The van der Waals surface area contributed by atoms with Crippen LogP contribution in [-0.2, 0) is 4.79 Å². The highest BCUT2D eigenvalue weighted by molar-refractivity contribution is 5.82. The molecule has 0 aliphatic heterocycles. The molecule has 0 bridgehead atoms. The molecule has 20 heavy (non-hydrogen) atoms. The fourth-order valence-electron chi connectivity index (χ4n) is 1.67. The van der Waals surface area contributed by atoms with Gasteiger partial charge in [-0.3, -0.25) is 14.9 Å². The van der Waals surface area contributed by atoms with Gasteiger partial charge in [-0.1, -0.05) is 12.1 Å². The number of likely N-dealkylation sites (N-methyl/N-ethyl adjacent to an activating group) is 2. The molecule has 1 rings (SSSR count). The highest BCUT2D eigenvalue weighted by Crippen LogP contribution is 2.26. The first kappa shape index (κ1) is 15.9. The summed E-state index contributed by atoms with van der Waals surface area (Å²) in [5.41, 5.74) is 0.417. The summed E-state index contributed by atoms with van der Waals surface area (Å²) in [5, 5.41) is 16.7. The Kier molecular flexibility index (Phi) is 5.92. The summed E-state index contributed by atoms with van der Waals surface area (Å²) in [7, 11) is 3.47. The number of carbonyl (C=O) groups excluding carboxylic acids is 1. The average Bonchev–Trinajstić information content (AvgIpc) is 2.44. The zero-order valence-electron chi connectivity index (χ0n) is 11.9. The third-order valence-electron chi connectivity index (χ3n) is 2.97. The summed E-state index contributed by atoms with van der Waals surface area (Å²) in [6.45, 7) is 2.54. The second-order valence-corrected chi connectivity index (χ2v) is 4.60. The smallest absolute Gasteiger partial charge is 0.292 e. The summed E-state index contributed by atoms with van der Waals surface area (Å²) < 4.78 is 0. The topological polar surface area (TPSA) is 87.5 Å². The largest absolute Gasteiger partial charge is 0.360 e. The van der Waals surface area contributed by atoms with Gasteiger partial charge in [0.2, 0.25) is 5.91 Å².